The van der Waals surface area contributed by atoms with Gasteiger partial charge >= 0.3 is 0 Å². The molecule has 4 aliphatic carbocycles. The topological polar surface area (TPSA) is 93.4 Å². The second-order valence-corrected chi connectivity index (χ2v) is 14.5. The molecule has 0 saturated heterocycles. The highest BCUT2D eigenvalue weighted by Crippen LogP contribution is 2.58. The number of carbonyl (C=O) groups excluding carboxylic acids is 1. The van der Waals surface area contributed by atoms with Crippen molar-refractivity contribution in [3.63, 3.8) is 0 Å². The summed E-state index contributed by atoms with van der Waals surface area (Å²) in [6, 6.07) is 8.61. The molecule has 1 amide bonds. The highest BCUT2D eigenvalue weighted by molar-refractivity contribution is 5.93. The van der Waals surface area contributed by atoms with E-state index in [0.717, 1.165) is 55.5 Å². The number of aliphatic hydroxyl groups is 1. The summed E-state index contributed by atoms with van der Waals surface area (Å²) in [7, 11) is 1.73. The van der Waals surface area contributed by atoms with E-state index in [-0.39, 0.29) is 34.3 Å². The van der Waals surface area contributed by atoms with E-state index in [1.165, 1.54) is 11.1 Å². The monoisotopic (exact) mass is 585 g/mol. The number of methoxy groups -OCH3 is 1. The molecule has 0 radical (unpaired) electrons. The number of benzene rings is 1. The van der Waals surface area contributed by atoms with Gasteiger partial charge in [0.25, 0.3) is 0 Å². The van der Waals surface area contributed by atoms with Gasteiger partial charge < -0.3 is 9.84 Å². The second-order valence-electron chi connectivity index (χ2n) is 14.5. The Morgan fingerprint density at radius 2 is 1.77 bits per heavy atom. The number of rotatable bonds is 7. The van der Waals surface area contributed by atoms with Gasteiger partial charge in [-0.05, 0) is 126 Å². The van der Waals surface area contributed by atoms with Crippen molar-refractivity contribution in [1.82, 2.24) is 19.7 Å². The van der Waals surface area contributed by atoms with Gasteiger partial charge in [0.1, 0.15) is 5.75 Å². The average Bonchev–Trinajstić information content (AvgIpc) is 3.53. The minimum Gasteiger partial charge on any atom is -0.496 e. The summed E-state index contributed by atoms with van der Waals surface area (Å²) in [6.07, 6.45) is 14.7. The molecule has 43 heavy (non-hydrogen) atoms. The lowest BCUT2D eigenvalue weighted by molar-refractivity contribution is -0.124. The molecule has 230 valence electrons. The predicted molar refractivity (Wildman–Crippen MR) is 168 cm³/mol. The third kappa shape index (κ3) is 5.83. The van der Waals surface area contributed by atoms with Gasteiger partial charge in [-0.2, -0.15) is 5.10 Å². The van der Waals surface area contributed by atoms with E-state index in [9.17, 15) is 9.90 Å². The number of anilines is 1. The van der Waals surface area contributed by atoms with Gasteiger partial charge in [0.2, 0.25) is 11.9 Å². The van der Waals surface area contributed by atoms with E-state index in [0.29, 0.717) is 38.2 Å². The fourth-order valence-electron chi connectivity index (χ4n) is 7.73. The summed E-state index contributed by atoms with van der Waals surface area (Å²) >= 11 is 0. The molecule has 2 bridgehead atoms. The summed E-state index contributed by atoms with van der Waals surface area (Å²) in [6.45, 7) is 9.14. The van der Waals surface area contributed by atoms with Crippen LogP contribution in [0.15, 0.2) is 42.9 Å². The van der Waals surface area contributed by atoms with Crippen molar-refractivity contribution in [2.75, 3.05) is 18.6 Å². The Balaban J connectivity index is 1.27. The van der Waals surface area contributed by atoms with E-state index in [2.05, 4.69) is 56.0 Å². The fraction of sp³-hybridized carbons (Fsp3) is 0.600. The molecule has 4 saturated carbocycles. The van der Waals surface area contributed by atoms with Crippen LogP contribution in [0.1, 0.15) is 96.1 Å². The molecule has 8 nitrogen and oxygen atoms in total. The summed E-state index contributed by atoms with van der Waals surface area (Å²) in [5.41, 5.74) is 4.44. The van der Waals surface area contributed by atoms with Crippen LogP contribution in [0, 0.1) is 18.3 Å². The van der Waals surface area contributed by atoms with E-state index >= 15 is 0 Å². The molecule has 0 atom stereocenters. The van der Waals surface area contributed by atoms with Gasteiger partial charge in [-0.1, -0.05) is 12.1 Å². The van der Waals surface area contributed by atoms with Crippen LogP contribution < -0.4 is 9.64 Å². The molecule has 8 heteroatoms. The van der Waals surface area contributed by atoms with E-state index < -0.39 is 0 Å². The van der Waals surface area contributed by atoms with Gasteiger partial charge in [-0.3, -0.25) is 14.4 Å². The number of fused-ring (bicyclic) bond motifs is 3. The number of carbonyl (C=O) groups is 1. The number of hydrogen-bond donors (Lipinski definition) is 1. The SMILES string of the molecule is COc1ccc(C23CCC(CN(C(=O)C4CCC(O)CC4)c4nccc(-c5cnn(C(C)(C)C)c5)n4)(CC2)CC3)cc1C. The maximum atomic E-state index is 14.3. The van der Waals surface area contributed by atoms with Gasteiger partial charge in [-0.15, -0.1) is 0 Å². The van der Waals surface area contributed by atoms with E-state index in [1.807, 2.05) is 28.0 Å². The largest absolute Gasteiger partial charge is 0.496 e. The van der Waals surface area contributed by atoms with Crippen molar-refractivity contribution in [3.8, 4) is 17.0 Å². The van der Waals surface area contributed by atoms with Gasteiger partial charge in [0.05, 0.1) is 30.6 Å². The van der Waals surface area contributed by atoms with E-state index in [4.69, 9.17) is 9.72 Å². The summed E-state index contributed by atoms with van der Waals surface area (Å²) in [5, 5.41) is 14.7. The lowest BCUT2D eigenvalue weighted by Gasteiger charge is -2.55. The number of amides is 1. The Morgan fingerprint density at radius 1 is 1.07 bits per heavy atom. The van der Waals surface area contributed by atoms with Crippen LogP contribution in [0.3, 0.4) is 0 Å². The fourth-order valence-corrected chi connectivity index (χ4v) is 7.73. The lowest BCUT2D eigenvalue weighted by Crippen LogP contribution is -2.52. The Morgan fingerprint density at radius 3 is 2.37 bits per heavy atom. The van der Waals surface area contributed by atoms with Crippen LogP contribution in [0.2, 0.25) is 0 Å². The molecule has 7 rings (SSSR count). The van der Waals surface area contributed by atoms with Crippen LogP contribution in [0.4, 0.5) is 5.95 Å². The van der Waals surface area contributed by atoms with E-state index in [1.54, 1.807) is 13.3 Å². The zero-order chi connectivity index (χ0) is 30.4. The molecule has 4 fully saturated rings. The van der Waals surface area contributed by atoms with Crippen molar-refractivity contribution in [3.05, 3.63) is 54.0 Å². The van der Waals surface area contributed by atoms with Crippen LogP contribution in [0.5, 0.6) is 5.75 Å². The normalized spacial score (nSPS) is 27.2. The first-order valence-electron chi connectivity index (χ1n) is 16.0. The first-order valence-corrected chi connectivity index (χ1v) is 16.0. The van der Waals surface area contributed by atoms with Crippen LogP contribution >= 0.6 is 0 Å². The molecule has 2 aromatic heterocycles. The average molecular weight is 586 g/mol. The van der Waals surface area contributed by atoms with Gasteiger partial charge in [-0.25, -0.2) is 9.97 Å². The van der Waals surface area contributed by atoms with Crippen molar-refractivity contribution < 1.29 is 14.6 Å². The Kier molecular flexibility index (Phi) is 7.86. The highest BCUT2D eigenvalue weighted by Gasteiger charge is 2.51. The third-order valence-electron chi connectivity index (χ3n) is 10.7. The molecule has 2 heterocycles. The minimum atomic E-state index is -0.304. The van der Waals surface area contributed by atoms with Crippen molar-refractivity contribution in [1.29, 1.82) is 0 Å². The predicted octanol–water partition coefficient (Wildman–Crippen LogP) is 6.59. The minimum absolute atomic E-state index is 0.0591. The molecular weight excluding hydrogens is 538 g/mol. The summed E-state index contributed by atoms with van der Waals surface area (Å²) in [5.74, 6) is 1.43. The number of ether oxygens (including phenoxy) is 1. The molecule has 0 spiro atoms. The van der Waals surface area contributed by atoms with Crippen LogP contribution in [0.25, 0.3) is 11.3 Å². The maximum Gasteiger partial charge on any atom is 0.232 e. The second kappa shape index (κ2) is 11.3. The zero-order valence-corrected chi connectivity index (χ0v) is 26.5. The molecule has 0 aliphatic heterocycles. The van der Waals surface area contributed by atoms with Crippen LogP contribution in [-0.4, -0.2) is 50.5 Å². The molecule has 1 N–H and O–H groups in total. The third-order valence-corrected chi connectivity index (χ3v) is 10.7. The van der Waals surface area contributed by atoms with Crippen molar-refractivity contribution >= 4 is 11.9 Å². The Bertz CT molecular complexity index is 1440. The van der Waals surface area contributed by atoms with Crippen molar-refractivity contribution in [2.45, 2.75) is 109 Å². The Hall–Kier alpha value is -3.26. The van der Waals surface area contributed by atoms with Crippen molar-refractivity contribution in [2.24, 2.45) is 11.3 Å². The first kappa shape index (κ1) is 29.8. The highest BCUT2D eigenvalue weighted by atomic mass is 16.5. The van der Waals surface area contributed by atoms with Crippen LogP contribution in [-0.2, 0) is 15.7 Å². The summed E-state index contributed by atoms with van der Waals surface area (Å²) < 4.78 is 7.47. The Labute approximate surface area is 255 Å². The number of aryl methyl sites for hydroxylation is 1. The standard InChI is InChI=1S/C35H47N5O3/c1-24-20-27(8-11-30(24)43-5)35-16-13-34(14-17-35,15-18-35)23-39(31(42)25-6-9-28(41)10-7-25)32-36-19-12-29(38-32)26-21-37-40(22-26)33(2,3)4/h8,11-12,19-22,25,28,41H,6-7,9-10,13-18,23H2,1-5H3. The van der Waals surface area contributed by atoms with Gasteiger partial charge in [0, 0.05) is 30.4 Å². The number of nitrogens with zero attached hydrogens (tertiary/aromatic N) is 5. The zero-order valence-electron chi connectivity index (χ0n) is 26.5. The molecular formula is C35H47N5O3. The summed E-state index contributed by atoms with van der Waals surface area (Å²) in [4.78, 5) is 25.8. The lowest BCUT2D eigenvalue weighted by atomic mass is 9.51. The molecule has 3 aromatic rings. The van der Waals surface area contributed by atoms with Gasteiger partial charge in [0.15, 0.2) is 0 Å². The first-order chi connectivity index (χ1) is 20.5. The molecule has 1 aromatic carbocycles. The maximum absolute atomic E-state index is 14.3. The smallest absolute Gasteiger partial charge is 0.232 e. The molecule has 0 unspecified atom stereocenters. The molecule has 4 aliphatic rings. The number of aliphatic hydroxyl groups excluding tert-OH is 1. The number of aromatic nitrogens is 4. The number of hydrogen-bond acceptors (Lipinski definition) is 6. The quantitative estimate of drug-likeness (QED) is 0.336.